The number of alkyl halides is 2. The van der Waals surface area contributed by atoms with Gasteiger partial charge >= 0.3 is 18.0 Å². The van der Waals surface area contributed by atoms with Crippen LogP contribution in [-0.2, 0) is 50.9 Å². The lowest BCUT2D eigenvalue weighted by Crippen LogP contribution is -2.46. The van der Waals surface area contributed by atoms with Crippen molar-refractivity contribution in [2.24, 2.45) is 0 Å². The van der Waals surface area contributed by atoms with Crippen LogP contribution in [-0.4, -0.2) is 42.9 Å². The SMILES string of the molecule is Cc1ccc(N(C)C(=O)c2ccc(CC(=O)Cc3ccc(C(F)(F)[C@@H](C)OC(=O)[C@H](Cc4ccccc4)NC(=O)OCc4ccccc4)cc3)cc2)c(Cl)c1. The van der Waals surface area contributed by atoms with Gasteiger partial charge in [0.25, 0.3) is 5.91 Å². The molecule has 5 aromatic rings. The van der Waals surface area contributed by atoms with Crippen LogP contribution in [0.5, 0.6) is 0 Å². The number of esters is 1. The van der Waals surface area contributed by atoms with Gasteiger partial charge in [-0.1, -0.05) is 115 Å². The maximum Gasteiger partial charge on any atom is 0.408 e. The van der Waals surface area contributed by atoms with Crippen molar-refractivity contribution >= 4 is 41.0 Å². The lowest BCUT2D eigenvalue weighted by Gasteiger charge is -2.26. The predicted octanol–water partition coefficient (Wildman–Crippen LogP) is 8.84. The molecule has 0 heterocycles. The highest BCUT2D eigenvalue weighted by molar-refractivity contribution is 6.34. The number of amides is 2. The van der Waals surface area contributed by atoms with Gasteiger partial charge in [-0.2, -0.15) is 8.78 Å². The highest BCUT2D eigenvalue weighted by atomic mass is 35.5. The number of carbonyl (C=O) groups is 4. The van der Waals surface area contributed by atoms with Crippen LogP contribution >= 0.6 is 11.6 Å². The number of Topliss-reactive ketones (excluding diaryl/α,β-unsaturated/α-hetero) is 1. The van der Waals surface area contributed by atoms with Crippen LogP contribution in [0.15, 0.2) is 127 Å². The molecule has 0 aliphatic rings. The number of rotatable bonds is 15. The molecule has 11 heteroatoms. The number of nitrogens with one attached hydrogen (secondary N) is 1. The molecule has 0 spiro atoms. The fourth-order valence-electron chi connectivity index (χ4n) is 5.83. The molecule has 0 unspecified atom stereocenters. The van der Waals surface area contributed by atoms with Crippen molar-refractivity contribution in [3.05, 3.63) is 171 Å². The van der Waals surface area contributed by atoms with Gasteiger partial charge in [0.1, 0.15) is 18.4 Å². The smallest absolute Gasteiger partial charge is 0.408 e. The predicted molar refractivity (Wildman–Crippen MR) is 207 cm³/mol. The molecular formula is C44H41ClF2N2O6. The van der Waals surface area contributed by atoms with E-state index in [1.165, 1.54) is 29.2 Å². The van der Waals surface area contributed by atoms with E-state index in [-0.39, 0.29) is 37.6 Å². The summed E-state index contributed by atoms with van der Waals surface area (Å²) in [5.74, 6) is -5.05. The molecule has 5 rings (SSSR count). The van der Waals surface area contributed by atoms with Crippen molar-refractivity contribution in [1.29, 1.82) is 0 Å². The lowest BCUT2D eigenvalue weighted by atomic mass is 9.98. The molecular weight excluding hydrogens is 726 g/mol. The maximum atomic E-state index is 15.6. The number of carbonyl (C=O) groups excluding carboxylic acids is 4. The standard InChI is InChI=1S/C44H41ClF2N2O6/c1-29-14-23-40(38(45)24-29)49(3)41(51)35-19-15-32(16-20-35)25-37(50)26-33-17-21-36(22-18-33)44(46,47)30(2)55-42(52)39(27-31-10-6-4-7-11-31)48-43(53)54-28-34-12-8-5-9-13-34/h4-24,30,39H,25-28H2,1-3H3,(H,48,53)/t30-,39+/m1/s1. The summed E-state index contributed by atoms with van der Waals surface area (Å²) in [6.07, 6.45) is -2.72. The van der Waals surface area contributed by atoms with Crippen LogP contribution in [0.3, 0.4) is 0 Å². The quantitative estimate of drug-likeness (QED) is 0.107. The second kappa shape index (κ2) is 18.4. The number of benzene rings is 5. The minimum Gasteiger partial charge on any atom is -0.454 e. The first-order chi connectivity index (χ1) is 26.3. The molecule has 8 nitrogen and oxygen atoms in total. The van der Waals surface area contributed by atoms with Crippen LogP contribution in [0.1, 0.15) is 50.7 Å². The monoisotopic (exact) mass is 766 g/mol. The first-order valence-corrected chi connectivity index (χ1v) is 18.0. The molecule has 2 atom stereocenters. The number of anilines is 1. The molecule has 2 amide bonds. The van der Waals surface area contributed by atoms with E-state index in [0.717, 1.165) is 18.1 Å². The van der Waals surface area contributed by atoms with Gasteiger partial charge in [-0.25, -0.2) is 9.59 Å². The number of hydrogen-bond acceptors (Lipinski definition) is 6. The summed E-state index contributed by atoms with van der Waals surface area (Å²) in [6.45, 7) is 2.94. The van der Waals surface area contributed by atoms with Crippen LogP contribution in [0.2, 0.25) is 5.02 Å². The van der Waals surface area contributed by atoms with Gasteiger partial charge in [0, 0.05) is 37.4 Å². The topological polar surface area (TPSA) is 102 Å². The Labute approximate surface area is 324 Å². The Kier molecular flexibility index (Phi) is 13.5. The second-order valence-electron chi connectivity index (χ2n) is 13.3. The summed E-state index contributed by atoms with van der Waals surface area (Å²) >= 11 is 6.34. The minimum atomic E-state index is -3.60. The summed E-state index contributed by atoms with van der Waals surface area (Å²) in [4.78, 5) is 53.3. The molecule has 0 aliphatic heterocycles. The van der Waals surface area contributed by atoms with Crippen LogP contribution < -0.4 is 10.2 Å². The normalized spacial score (nSPS) is 12.3. The van der Waals surface area contributed by atoms with E-state index in [1.54, 1.807) is 98.0 Å². The molecule has 0 saturated carbocycles. The number of halogens is 3. The summed E-state index contributed by atoms with van der Waals surface area (Å²) < 4.78 is 41.8. The van der Waals surface area contributed by atoms with E-state index in [4.69, 9.17) is 21.1 Å². The Bertz CT molecular complexity index is 2100. The highest BCUT2D eigenvalue weighted by Gasteiger charge is 2.42. The Morgan fingerprint density at radius 3 is 1.91 bits per heavy atom. The largest absolute Gasteiger partial charge is 0.454 e. The Hall–Kier alpha value is -5.87. The molecule has 0 aliphatic carbocycles. The number of nitrogens with zero attached hydrogens (tertiary/aromatic N) is 1. The molecule has 284 valence electrons. The lowest BCUT2D eigenvalue weighted by molar-refractivity contribution is -0.175. The zero-order valence-electron chi connectivity index (χ0n) is 30.6. The second-order valence-corrected chi connectivity index (χ2v) is 13.7. The van der Waals surface area contributed by atoms with E-state index in [0.29, 0.717) is 33.0 Å². The van der Waals surface area contributed by atoms with Gasteiger partial charge in [0.05, 0.1) is 10.7 Å². The van der Waals surface area contributed by atoms with Crippen LogP contribution in [0.25, 0.3) is 0 Å². The van der Waals surface area contributed by atoms with Crippen molar-refractivity contribution < 1.29 is 37.4 Å². The van der Waals surface area contributed by atoms with Gasteiger partial charge in [-0.05, 0) is 65.9 Å². The number of hydrogen-bond donors (Lipinski definition) is 1. The number of aryl methyl sites for hydroxylation is 1. The van der Waals surface area contributed by atoms with Crippen LogP contribution in [0.4, 0.5) is 19.3 Å². The molecule has 1 N–H and O–H groups in total. The zero-order valence-corrected chi connectivity index (χ0v) is 31.4. The van der Waals surface area contributed by atoms with Gasteiger partial charge in [0.2, 0.25) is 0 Å². The van der Waals surface area contributed by atoms with E-state index in [9.17, 15) is 19.2 Å². The fourth-order valence-corrected chi connectivity index (χ4v) is 6.19. The third-order valence-corrected chi connectivity index (χ3v) is 9.29. The fraction of sp³-hybridized carbons (Fsp3) is 0.227. The Balaban J connectivity index is 1.16. The molecule has 0 saturated heterocycles. The average molecular weight is 767 g/mol. The molecule has 0 aromatic heterocycles. The van der Waals surface area contributed by atoms with Crippen molar-refractivity contribution in [3.63, 3.8) is 0 Å². The Morgan fingerprint density at radius 2 is 1.33 bits per heavy atom. The minimum absolute atomic E-state index is 0.00105. The summed E-state index contributed by atoms with van der Waals surface area (Å²) in [7, 11) is 1.64. The van der Waals surface area contributed by atoms with Crippen molar-refractivity contribution in [3.8, 4) is 0 Å². The van der Waals surface area contributed by atoms with Crippen LogP contribution in [0, 0.1) is 6.92 Å². The highest BCUT2D eigenvalue weighted by Crippen LogP contribution is 2.34. The Morgan fingerprint density at radius 1 is 0.764 bits per heavy atom. The number of ketones is 1. The third kappa shape index (κ3) is 11.1. The summed E-state index contributed by atoms with van der Waals surface area (Å²) in [6, 6.07) is 33.8. The first-order valence-electron chi connectivity index (χ1n) is 17.6. The van der Waals surface area contributed by atoms with E-state index < -0.39 is 35.7 Å². The first kappa shape index (κ1) is 40.3. The summed E-state index contributed by atoms with van der Waals surface area (Å²) in [5, 5.41) is 2.92. The zero-order chi connectivity index (χ0) is 39.5. The molecule has 0 bridgehead atoms. The average Bonchev–Trinajstić information content (AvgIpc) is 3.17. The van der Waals surface area contributed by atoms with Gasteiger partial charge in [0.15, 0.2) is 6.10 Å². The van der Waals surface area contributed by atoms with Gasteiger partial charge in [-0.3, -0.25) is 9.59 Å². The number of ether oxygens (including phenoxy) is 2. The maximum absolute atomic E-state index is 15.6. The van der Waals surface area contributed by atoms with Crippen molar-refractivity contribution in [1.82, 2.24) is 5.32 Å². The third-order valence-electron chi connectivity index (χ3n) is 8.99. The van der Waals surface area contributed by atoms with E-state index in [2.05, 4.69) is 5.32 Å². The number of alkyl carbamates (subject to hydrolysis) is 1. The molecule has 55 heavy (non-hydrogen) atoms. The van der Waals surface area contributed by atoms with E-state index >= 15 is 8.78 Å². The van der Waals surface area contributed by atoms with E-state index in [1.807, 2.05) is 19.1 Å². The van der Waals surface area contributed by atoms with Gasteiger partial charge < -0.3 is 19.7 Å². The molecule has 0 radical (unpaired) electrons. The molecule has 5 aromatic carbocycles. The van der Waals surface area contributed by atoms with Crippen molar-refractivity contribution in [2.45, 2.75) is 57.8 Å². The molecule has 0 fully saturated rings. The summed E-state index contributed by atoms with van der Waals surface area (Å²) in [5.41, 5.74) is 4.21. The van der Waals surface area contributed by atoms with Gasteiger partial charge in [-0.15, -0.1) is 0 Å². The van der Waals surface area contributed by atoms with Crippen molar-refractivity contribution in [2.75, 3.05) is 11.9 Å².